The molecule has 3 nitrogen and oxygen atoms in total. The topological polar surface area (TPSA) is 38.1 Å². The van der Waals surface area contributed by atoms with E-state index in [1.54, 1.807) is 12.5 Å². The second-order valence-electron chi connectivity index (χ2n) is 4.53. The molecule has 1 fully saturated rings. The molecule has 3 heteroatoms. The minimum absolute atomic E-state index is 0.618. The van der Waals surface area contributed by atoms with E-state index < -0.39 is 0 Å². The van der Waals surface area contributed by atoms with Gasteiger partial charge in [0.05, 0.1) is 11.6 Å². The van der Waals surface area contributed by atoms with Gasteiger partial charge >= 0.3 is 0 Å². The van der Waals surface area contributed by atoms with E-state index in [1.807, 2.05) is 12.1 Å². The van der Waals surface area contributed by atoms with Crippen LogP contribution in [0.5, 0.6) is 0 Å². The van der Waals surface area contributed by atoms with Crippen molar-refractivity contribution in [3.8, 4) is 0 Å². The van der Waals surface area contributed by atoms with Gasteiger partial charge in [-0.25, -0.2) is 4.98 Å². The number of fused-ring (bicyclic) bond motifs is 1. The third-order valence-corrected chi connectivity index (χ3v) is 3.28. The highest BCUT2D eigenvalue weighted by Crippen LogP contribution is 2.38. The van der Waals surface area contributed by atoms with E-state index in [4.69, 9.17) is 4.42 Å². The van der Waals surface area contributed by atoms with Gasteiger partial charge in [-0.1, -0.05) is 13.3 Å². The van der Waals surface area contributed by atoms with Crippen LogP contribution in [0.2, 0.25) is 0 Å². The Kier molecular flexibility index (Phi) is 2.31. The smallest absolute Gasteiger partial charge is 0.139 e. The molecule has 1 aliphatic carbocycles. The first-order valence-electron chi connectivity index (χ1n) is 5.97. The zero-order chi connectivity index (χ0) is 11.0. The molecule has 3 rings (SSSR count). The Morgan fingerprint density at radius 2 is 2.44 bits per heavy atom. The summed E-state index contributed by atoms with van der Waals surface area (Å²) in [6, 6.07) is 4.49. The molecule has 1 N–H and O–H groups in total. The second-order valence-corrected chi connectivity index (χ2v) is 4.53. The lowest BCUT2D eigenvalue weighted by Gasteiger charge is -2.05. The fourth-order valence-electron chi connectivity index (χ4n) is 2.30. The molecule has 0 bridgehead atoms. The van der Waals surface area contributed by atoms with Gasteiger partial charge in [0.15, 0.2) is 0 Å². The maximum atomic E-state index is 5.35. The molecule has 2 heterocycles. The van der Waals surface area contributed by atoms with Crippen LogP contribution in [-0.4, -0.2) is 11.0 Å². The van der Waals surface area contributed by atoms with E-state index in [2.05, 4.69) is 17.2 Å². The van der Waals surface area contributed by atoms with Gasteiger partial charge in [0.1, 0.15) is 11.4 Å². The van der Waals surface area contributed by atoms with E-state index in [9.17, 15) is 0 Å². The molecule has 0 radical (unpaired) electrons. The molecule has 84 valence electrons. The number of furan rings is 1. The molecule has 0 spiro atoms. The third kappa shape index (κ3) is 1.66. The highest BCUT2D eigenvalue weighted by atomic mass is 16.3. The molecule has 2 atom stereocenters. The Labute approximate surface area is 94.9 Å². The standard InChI is InChI=1S/C13H16N2O/c1-2-3-9-8-11(9)15-13-10-5-7-16-12(10)4-6-14-13/h4-7,9,11H,2-3,8H2,1H3,(H,14,15). The number of rotatable bonds is 4. The van der Waals surface area contributed by atoms with Crippen LogP contribution in [0.4, 0.5) is 5.82 Å². The summed E-state index contributed by atoms with van der Waals surface area (Å²) in [7, 11) is 0. The molecular formula is C13H16N2O. The number of hydrogen-bond donors (Lipinski definition) is 1. The minimum atomic E-state index is 0.618. The Hall–Kier alpha value is -1.51. The number of aromatic nitrogens is 1. The van der Waals surface area contributed by atoms with Gasteiger partial charge in [-0.15, -0.1) is 0 Å². The number of anilines is 1. The second kappa shape index (κ2) is 3.81. The van der Waals surface area contributed by atoms with Crippen molar-refractivity contribution in [2.75, 3.05) is 5.32 Å². The van der Waals surface area contributed by atoms with Crippen LogP contribution in [0.1, 0.15) is 26.2 Å². The van der Waals surface area contributed by atoms with Gasteiger partial charge in [0.25, 0.3) is 0 Å². The molecule has 0 aliphatic heterocycles. The summed E-state index contributed by atoms with van der Waals surface area (Å²) >= 11 is 0. The third-order valence-electron chi connectivity index (χ3n) is 3.28. The van der Waals surface area contributed by atoms with Crippen molar-refractivity contribution in [1.82, 2.24) is 4.98 Å². The summed E-state index contributed by atoms with van der Waals surface area (Å²) < 4.78 is 5.35. The molecule has 1 saturated carbocycles. The summed E-state index contributed by atoms with van der Waals surface area (Å²) in [4.78, 5) is 4.38. The van der Waals surface area contributed by atoms with Crippen LogP contribution in [0.3, 0.4) is 0 Å². The molecule has 1 aliphatic rings. The van der Waals surface area contributed by atoms with Crippen LogP contribution < -0.4 is 5.32 Å². The summed E-state index contributed by atoms with van der Waals surface area (Å²) in [5, 5.41) is 4.60. The van der Waals surface area contributed by atoms with E-state index in [0.29, 0.717) is 6.04 Å². The zero-order valence-electron chi connectivity index (χ0n) is 9.44. The Balaban J connectivity index is 1.77. The number of pyridine rings is 1. The Bertz CT molecular complexity index is 491. The average Bonchev–Trinajstić information content (AvgIpc) is 2.83. The summed E-state index contributed by atoms with van der Waals surface area (Å²) in [5.41, 5.74) is 0.908. The lowest BCUT2D eigenvalue weighted by atomic mass is 10.2. The van der Waals surface area contributed by atoms with Crippen molar-refractivity contribution in [3.63, 3.8) is 0 Å². The number of nitrogens with zero attached hydrogens (tertiary/aromatic N) is 1. The maximum absolute atomic E-state index is 5.35. The average molecular weight is 216 g/mol. The summed E-state index contributed by atoms with van der Waals surface area (Å²) in [5.74, 6) is 1.81. The monoisotopic (exact) mass is 216 g/mol. The number of hydrogen-bond acceptors (Lipinski definition) is 3. The molecular weight excluding hydrogens is 200 g/mol. The highest BCUT2D eigenvalue weighted by molar-refractivity contribution is 5.88. The Morgan fingerprint density at radius 3 is 3.31 bits per heavy atom. The van der Waals surface area contributed by atoms with Crippen molar-refractivity contribution in [2.24, 2.45) is 5.92 Å². The lowest BCUT2D eigenvalue weighted by Crippen LogP contribution is -2.06. The zero-order valence-corrected chi connectivity index (χ0v) is 9.44. The first kappa shape index (κ1) is 9.70. The fourth-order valence-corrected chi connectivity index (χ4v) is 2.30. The van der Waals surface area contributed by atoms with Gasteiger partial charge in [0, 0.05) is 12.2 Å². The molecule has 0 saturated heterocycles. The minimum Gasteiger partial charge on any atom is -0.464 e. The van der Waals surface area contributed by atoms with Crippen LogP contribution in [0, 0.1) is 5.92 Å². The van der Waals surface area contributed by atoms with Crippen molar-refractivity contribution < 1.29 is 4.42 Å². The van der Waals surface area contributed by atoms with Crippen LogP contribution in [0.15, 0.2) is 29.0 Å². The van der Waals surface area contributed by atoms with Crippen LogP contribution >= 0.6 is 0 Å². The van der Waals surface area contributed by atoms with Gasteiger partial charge < -0.3 is 9.73 Å². The van der Waals surface area contributed by atoms with Crippen LogP contribution in [-0.2, 0) is 0 Å². The van der Waals surface area contributed by atoms with E-state index in [0.717, 1.165) is 22.7 Å². The van der Waals surface area contributed by atoms with E-state index >= 15 is 0 Å². The molecule has 0 amide bonds. The molecule has 16 heavy (non-hydrogen) atoms. The molecule has 0 aromatic carbocycles. The van der Waals surface area contributed by atoms with Crippen molar-refractivity contribution in [3.05, 3.63) is 24.6 Å². The first-order valence-corrected chi connectivity index (χ1v) is 5.97. The first-order chi connectivity index (χ1) is 7.88. The highest BCUT2D eigenvalue weighted by Gasteiger charge is 2.36. The van der Waals surface area contributed by atoms with E-state index in [-0.39, 0.29) is 0 Å². The maximum Gasteiger partial charge on any atom is 0.139 e. The SMILES string of the molecule is CCCC1CC1Nc1nccc2occc12. The van der Waals surface area contributed by atoms with Crippen LogP contribution in [0.25, 0.3) is 11.0 Å². The largest absolute Gasteiger partial charge is 0.464 e. The number of nitrogens with one attached hydrogen (secondary N) is 1. The summed E-state index contributed by atoms with van der Waals surface area (Å²) in [6.45, 7) is 2.24. The lowest BCUT2D eigenvalue weighted by molar-refractivity contribution is 0.615. The summed E-state index contributed by atoms with van der Waals surface area (Å²) in [6.07, 6.45) is 7.38. The predicted octanol–water partition coefficient (Wildman–Crippen LogP) is 3.43. The Morgan fingerprint density at radius 1 is 1.50 bits per heavy atom. The van der Waals surface area contributed by atoms with Gasteiger partial charge in [-0.05, 0) is 30.9 Å². The predicted molar refractivity (Wildman–Crippen MR) is 64.4 cm³/mol. The van der Waals surface area contributed by atoms with Gasteiger partial charge in [-0.3, -0.25) is 0 Å². The van der Waals surface area contributed by atoms with Crippen molar-refractivity contribution in [1.29, 1.82) is 0 Å². The van der Waals surface area contributed by atoms with Crippen molar-refractivity contribution >= 4 is 16.8 Å². The van der Waals surface area contributed by atoms with Gasteiger partial charge in [0.2, 0.25) is 0 Å². The molecule has 2 unspecified atom stereocenters. The van der Waals surface area contributed by atoms with Crippen molar-refractivity contribution in [2.45, 2.75) is 32.2 Å². The van der Waals surface area contributed by atoms with Gasteiger partial charge in [-0.2, -0.15) is 0 Å². The molecule has 2 aromatic rings. The van der Waals surface area contributed by atoms with E-state index in [1.165, 1.54) is 19.3 Å². The fraction of sp³-hybridized carbons (Fsp3) is 0.462. The molecule has 2 aromatic heterocycles. The normalized spacial score (nSPS) is 23.6. The quantitative estimate of drug-likeness (QED) is 0.850.